The Morgan fingerprint density at radius 2 is 1.83 bits per heavy atom. The Bertz CT molecular complexity index is 583. The third kappa shape index (κ3) is 8.02. The molecule has 0 heterocycles. The molecule has 5 nitrogen and oxygen atoms in total. The zero-order chi connectivity index (χ0) is 17.3. The van der Waals surface area contributed by atoms with E-state index in [1.165, 1.54) is 6.42 Å². The van der Waals surface area contributed by atoms with E-state index < -0.39 is 9.84 Å². The number of guanidine groups is 1. The monoisotopic (exact) mass is 339 g/mol. The van der Waals surface area contributed by atoms with Gasteiger partial charge in [-0.15, -0.1) is 0 Å². The van der Waals surface area contributed by atoms with Gasteiger partial charge in [-0.25, -0.2) is 8.42 Å². The van der Waals surface area contributed by atoms with Crippen LogP contribution >= 0.6 is 0 Å². The van der Waals surface area contributed by atoms with E-state index >= 15 is 0 Å². The summed E-state index contributed by atoms with van der Waals surface area (Å²) < 4.78 is 24.2. The van der Waals surface area contributed by atoms with Gasteiger partial charge in [0.15, 0.2) is 15.8 Å². The van der Waals surface area contributed by atoms with Gasteiger partial charge in [0.1, 0.15) is 0 Å². The van der Waals surface area contributed by atoms with Crippen LogP contribution < -0.4 is 11.1 Å². The predicted octanol–water partition coefficient (Wildman–Crippen LogP) is 2.58. The van der Waals surface area contributed by atoms with E-state index in [0.29, 0.717) is 16.8 Å². The molecule has 3 N–H and O–H groups in total. The molecule has 0 amide bonds. The van der Waals surface area contributed by atoms with Crippen molar-refractivity contribution in [1.29, 1.82) is 0 Å². The van der Waals surface area contributed by atoms with Crippen molar-refractivity contribution in [2.24, 2.45) is 16.6 Å². The summed E-state index contributed by atoms with van der Waals surface area (Å²) >= 11 is 0. The van der Waals surface area contributed by atoms with Gasteiger partial charge in [-0.2, -0.15) is 0 Å². The SMILES string of the molecule is CC(C)CCCC(C)NC(N)=NCCS(=O)(=O)c1ccccc1. The third-order valence-electron chi connectivity index (χ3n) is 3.56. The third-order valence-corrected chi connectivity index (χ3v) is 5.27. The first-order chi connectivity index (χ1) is 10.8. The normalized spacial score (nSPS) is 14.0. The van der Waals surface area contributed by atoms with Gasteiger partial charge in [0, 0.05) is 6.04 Å². The van der Waals surface area contributed by atoms with E-state index in [1.54, 1.807) is 30.3 Å². The van der Waals surface area contributed by atoms with Gasteiger partial charge in [0.25, 0.3) is 0 Å². The Morgan fingerprint density at radius 3 is 2.43 bits per heavy atom. The van der Waals surface area contributed by atoms with Gasteiger partial charge in [-0.3, -0.25) is 4.99 Å². The van der Waals surface area contributed by atoms with Crippen LogP contribution in [0, 0.1) is 5.92 Å². The van der Waals surface area contributed by atoms with Crippen molar-refractivity contribution < 1.29 is 8.42 Å². The number of benzene rings is 1. The van der Waals surface area contributed by atoms with E-state index in [9.17, 15) is 8.42 Å². The predicted molar refractivity (Wildman–Crippen MR) is 96.3 cm³/mol. The van der Waals surface area contributed by atoms with E-state index in [4.69, 9.17) is 5.73 Å². The van der Waals surface area contributed by atoms with Gasteiger partial charge >= 0.3 is 0 Å². The standard InChI is InChI=1S/C17H29N3O2S/c1-14(2)8-7-9-15(3)20-17(18)19-12-13-23(21,22)16-10-5-4-6-11-16/h4-6,10-11,14-15H,7-9,12-13H2,1-3H3,(H3,18,19,20). The van der Waals surface area contributed by atoms with Crippen LogP contribution in [0.4, 0.5) is 0 Å². The van der Waals surface area contributed by atoms with Crippen molar-refractivity contribution in [2.45, 2.75) is 51.0 Å². The van der Waals surface area contributed by atoms with Crippen LogP contribution in [-0.2, 0) is 9.84 Å². The molecule has 0 bridgehead atoms. The summed E-state index contributed by atoms with van der Waals surface area (Å²) in [6.07, 6.45) is 3.36. The second kappa shape index (κ2) is 9.55. The molecular weight excluding hydrogens is 310 g/mol. The largest absolute Gasteiger partial charge is 0.370 e. The first kappa shape index (κ1) is 19.5. The Morgan fingerprint density at radius 1 is 1.17 bits per heavy atom. The van der Waals surface area contributed by atoms with Crippen LogP contribution in [-0.4, -0.2) is 32.7 Å². The molecule has 0 aliphatic rings. The molecule has 0 fully saturated rings. The van der Waals surface area contributed by atoms with E-state index in [-0.39, 0.29) is 18.3 Å². The molecule has 23 heavy (non-hydrogen) atoms. The smallest absolute Gasteiger partial charge is 0.188 e. The van der Waals surface area contributed by atoms with E-state index in [1.807, 2.05) is 0 Å². The van der Waals surface area contributed by atoms with E-state index in [0.717, 1.165) is 12.8 Å². The number of sulfone groups is 1. The van der Waals surface area contributed by atoms with Crippen LogP contribution in [0.25, 0.3) is 0 Å². The van der Waals surface area contributed by atoms with Crippen LogP contribution in [0.1, 0.15) is 40.0 Å². The average molecular weight is 340 g/mol. The Labute approximate surface area is 140 Å². The van der Waals surface area contributed by atoms with Crippen molar-refractivity contribution in [3.05, 3.63) is 30.3 Å². The molecule has 0 spiro atoms. The number of aliphatic imine (C=N–C) groups is 1. The molecule has 1 rings (SSSR count). The van der Waals surface area contributed by atoms with Crippen molar-refractivity contribution >= 4 is 15.8 Å². The molecule has 0 saturated carbocycles. The van der Waals surface area contributed by atoms with Crippen molar-refractivity contribution in [3.8, 4) is 0 Å². The van der Waals surface area contributed by atoms with Crippen LogP contribution in [0.15, 0.2) is 40.2 Å². The number of nitrogens with one attached hydrogen (secondary N) is 1. The lowest BCUT2D eigenvalue weighted by atomic mass is 10.0. The first-order valence-electron chi connectivity index (χ1n) is 8.15. The summed E-state index contributed by atoms with van der Waals surface area (Å²) in [6.45, 7) is 6.64. The number of rotatable bonds is 9. The summed E-state index contributed by atoms with van der Waals surface area (Å²) in [6, 6.07) is 8.65. The lowest BCUT2D eigenvalue weighted by molar-refractivity contribution is 0.493. The molecule has 0 aliphatic heterocycles. The summed E-state index contributed by atoms with van der Waals surface area (Å²) in [5.41, 5.74) is 5.82. The summed E-state index contributed by atoms with van der Waals surface area (Å²) in [4.78, 5) is 4.45. The zero-order valence-electron chi connectivity index (χ0n) is 14.3. The topological polar surface area (TPSA) is 84.5 Å². The lowest BCUT2D eigenvalue weighted by Crippen LogP contribution is -2.38. The van der Waals surface area contributed by atoms with Crippen LogP contribution in [0.5, 0.6) is 0 Å². The van der Waals surface area contributed by atoms with Crippen LogP contribution in [0.2, 0.25) is 0 Å². The molecule has 1 aromatic rings. The quantitative estimate of drug-likeness (QED) is 0.535. The number of hydrogen-bond acceptors (Lipinski definition) is 3. The van der Waals surface area contributed by atoms with Crippen molar-refractivity contribution in [3.63, 3.8) is 0 Å². The molecule has 0 radical (unpaired) electrons. The van der Waals surface area contributed by atoms with Gasteiger partial charge in [-0.05, 0) is 31.4 Å². The van der Waals surface area contributed by atoms with Gasteiger partial charge in [0.05, 0.1) is 17.2 Å². The Balaban J connectivity index is 2.39. The molecule has 0 saturated heterocycles. The molecule has 1 aromatic carbocycles. The molecule has 6 heteroatoms. The molecule has 1 unspecified atom stereocenters. The molecule has 0 aromatic heterocycles. The molecule has 130 valence electrons. The fourth-order valence-corrected chi connectivity index (χ4v) is 3.37. The highest BCUT2D eigenvalue weighted by molar-refractivity contribution is 7.91. The van der Waals surface area contributed by atoms with E-state index in [2.05, 4.69) is 31.1 Å². The number of nitrogens with two attached hydrogens (primary N) is 1. The zero-order valence-corrected chi connectivity index (χ0v) is 15.1. The number of nitrogens with zero attached hydrogens (tertiary/aromatic N) is 1. The lowest BCUT2D eigenvalue weighted by Gasteiger charge is -2.15. The Kier molecular flexibility index (Phi) is 8.09. The molecule has 0 aliphatic carbocycles. The second-order valence-electron chi connectivity index (χ2n) is 6.27. The van der Waals surface area contributed by atoms with Crippen molar-refractivity contribution in [1.82, 2.24) is 5.32 Å². The maximum Gasteiger partial charge on any atom is 0.188 e. The van der Waals surface area contributed by atoms with Crippen molar-refractivity contribution in [2.75, 3.05) is 12.3 Å². The van der Waals surface area contributed by atoms with Gasteiger partial charge < -0.3 is 11.1 Å². The maximum absolute atomic E-state index is 12.1. The fourth-order valence-electron chi connectivity index (χ4n) is 2.23. The highest BCUT2D eigenvalue weighted by Crippen LogP contribution is 2.10. The minimum atomic E-state index is -3.30. The fraction of sp³-hybridized carbons (Fsp3) is 0.588. The molecule has 1 atom stereocenters. The number of hydrogen-bond donors (Lipinski definition) is 2. The van der Waals surface area contributed by atoms with Crippen LogP contribution in [0.3, 0.4) is 0 Å². The summed E-state index contributed by atoms with van der Waals surface area (Å²) in [7, 11) is -3.30. The van der Waals surface area contributed by atoms with Gasteiger partial charge in [0.2, 0.25) is 0 Å². The highest BCUT2D eigenvalue weighted by atomic mass is 32.2. The second-order valence-corrected chi connectivity index (χ2v) is 8.38. The Hall–Kier alpha value is -1.56. The summed E-state index contributed by atoms with van der Waals surface area (Å²) in [5.74, 6) is 0.975. The minimum Gasteiger partial charge on any atom is -0.370 e. The average Bonchev–Trinajstić information content (AvgIpc) is 2.47. The minimum absolute atomic E-state index is 0.0406. The maximum atomic E-state index is 12.1. The first-order valence-corrected chi connectivity index (χ1v) is 9.80. The molecular formula is C17H29N3O2S. The highest BCUT2D eigenvalue weighted by Gasteiger charge is 2.13. The summed E-state index contributed by atoms with van der Waals surface area (Å²) in [5, 5.41) is 3.11. The van der Waals surface area contributed by atoms with Gasteiger partial charge in [-0.1, -0.05) is 44.9 Å².